The van der Waals surface area contributed by atoms with E-state index >= 15 is 0 Å². The average molecular weight is 262 g/mol. The van der Waals surface area contributed by atoms with Gasteiger partial charge in [0.2, 0.25) is 0 Å². The molecule has 1 saturated heterocycles. The van der Waals surface area contributed by atoms with Gasteiger partial charge in [0.25, 0.3) is 5.91 Å². The van der Waals surface area contributed by atoms with Crippen molar-refractivity contribution in [1.29, 1.82) is 0 Å². The van der Waals surface area contributed by atoms with Crippen molar-refractivity contribution in [3.05, 3.63) is 18.1 Å². The highest BCUT2D eigenvalue weighted by Gasteiger charge is 2.18. The Balaban J connectivity index is 2.08. The van der Waals surface area contributed by atoms with E-state index in [9.17, 15) is 4.79 Å². The van der Waals surface area contributed by atoms with E-state index < -0.39 is 0 Å². The first-order chi connectivity index (χ1) is 9.20. The second-order valence-electron chi connectivity index (χ2n) is 5.21. The minimum absolute atomic E-state index is 0.115. The first-order valence-electron chi connectivity index (χ1n) is 7.06. The van der Waals surface area contributed by atoms with Crippen LogP contribution in [0.25, 0.3) is 0 Å². The number of rotatable bonds is 4. The molecular weight excluding hydrogens is 240 g/mol. The minimum atomic E-state index is -0.115. The summed E-state index contributed by atoms with van der Waals surface area (Å²) in [7, 11) is 0. The van der Waals surface area contributed by atoms with Crippen molar-refractivity contribution in [1.82, 2.24) is 15.3 Å². The predicted octanol–water partition coefficient (Wildman–Crippen LogP) is 1.85. The first kappa shape index (κ1) is 13.8. The maximum Gasteiger partial charge on any atom is 0.270 e. The fourth-order valence-electron chi connectivity index (χ4n) is 2.37. The molecule has 1 aromatic heterocycles. The molecule has 0 aliphatic carbocycles. The van der Waals surface area contributed by atoms with Crippen LogP contribution in [0.4, 0.5) is 5.82 Å². The standard InChI is InChI=1S/C14H22N4O/c1-3-6-15-14(19)12-8-13(17-10-16-12)18-7-4-5-11(2)9-18/h8,10-11H,3-7,9H2,1-2H3,(H,15,19). The molecule has 1 fully saturated rings. The second kappa shape index (κ2) is 6.50. The summed E-state index contributed by atoms with van der Waals surface area (Å²) in [5.41, 5.74) is 0.455. The molecule has 1 atom stereocenters. The molecule has 1 N–H and O–H groups in total. The largest absolute Gasteiger partial charge is 0.356 e. The van der Waals surface area contributed by atoms with Crippen molar-refractivity contribution < 1.29 is 4.79 Å². The van der Waals surface area contributed by atoms with Gasteiger partial charge in [0.05, 0.1) is 0 Å². The van der Waals surface area contributed by atoms with Gasteiger partial charge >= 0.3 is 0 Å². The van der Waals surface area contributed by atoms with Crippen LogP contribution in [0.15, 0.2) is 12.4 Å². The zero-order valence-electron chi connectivity index (χ0n) is 11.7. The van der Waals surface area contributed by atoms with Crippen LogP contribution in [0.1, 0.15) is 43.6 Å². The lowest BCUT2D eigenvalue weighted by molar-refractivity contribution is 0.0948. The molecule has 1 aromatic rings. The Kier molecular flexibility index (Phi) is 4.71. The molecular formula is C14H22N4O. The van der Waals surface area contributed by atoms with Crippen LogP contribution in [0.5, 0.6) is 0 Å². The summed E-state index contributed by atoms with van der Waals surface area (Å²) in [6.45, 7) is 6.98. The Bertz CT molecular complexity index is 435. The van der Waals surface area contributed by atoms with Gasteiger partial charge in [-0.2, -0.15) is 0 Å². The number of nitrogens with one attached hydrogen (secondary N) is 1. The van der Waals surface area contributed by atoms with Crippen molar-refractivity contribution in [3.63, 3.8) is 0 Å². The van der Waals surface area contributed by atoms with Crippen molar-refractivity contribution in [2.75, 3.05) is 24.5 Å². The van der Waals surface area contributed by atoms with Crippen molar-refractivity contribution >= 4 is 11.7 Å². The molecule has 1 unspecified atom stereocenters. The van der Waals surface area contributed by atoms with Gasteiger partial charge in [-0.25, -0.2) is 9.97 Å². The molecule has 1 amide bonds. The van der Waals surface area contributed by atoms with Gasteiger partial charge in [0, 0.05) is 25.7 Å². The summed E-state index contributed by atoms with van der Waals surface area (Å²) in [4.78, 5) is 22.5. The summed E-state index contributed by atoms with van der Waals surface area (Å²) in [6.07, 6.45) is 4.86. The quantitative estimate of drug-likeness (QED) is 0.899. The van der Waals surface area contributed by atoms with E-state index in [1.54, 1.807) is 6.07 Å². The molecule has 19 heavy (non-hydrogen) atoms. The predicted molar refractivity (Wildman–Crippen MR) is 75.3 cm³/mol. The van der Waals surface area contributed by atoms with Crippen LogP contribution in [-0.4, -0.2) is 35.5 Å². The number of piperidine rings is 1. The number of aromatic nitrogens is 2. The molecule has 1 aliphatic rings. The van der Waals surface area contributed by atoms with Gasteiger partial charge in [0.1, 0.15) is 17.8 Å². The van der Waals surface area contributed by atoms with E-state index in [0.29, 0.717) is 18.2 Å². The van der Waals surface area contributed by atoms with E-state index in [2.05, 4.69) is 27.1 Å². The van der Waals surface area contributed by atoms with E-state index in [-0.39, 0.29) is 5.91 Å². The zero-order chi connectivity index (χ0) is 13.7. The topological polar surface area (TPSA) is 58.1 Å². The molecule has 0 spiro atoms. The number of nitrogens with zero attached hydrogens (tertiary/aromatic N) is 3. The smallest absolute Gasteiger partial charge is 0.270 e. The molecule has 5 nitrogen and oxygen atoms in total. The average Bonchev–Trinajstić information content (AvgIpc) is 2.45. The maximum absolute atomic E-state index is 11.9. The third-order valence-electron chi connectivity index (χ3n) is 3.40. The van der Waals surface area contributed by atoms with E-state index in [1.807, 2.05) is 6.92 Å². The molecule has 1 aliphatic heterocycles. The summed E-state index contributed by atoms with van der Waals surface area (Å²) in [5.74, 6) is 1.43. The Hall–Kier alpha value is -1.65. The summed E-state index contributed by atoms with van der Waals surface area (Å²) < 4.78 is 0. The van der Waals surface area contributed by atoms with Crippen LogP contribution < -0.4 is 10.2 Å². The number of amides is 1. The third kappa shape index (κ3) is 3.66. The monoisotopic (exact) mass is 262 g/mol. The Morgan fingerprint density at radius 2 is 2.37 bits per heavy atom. The molecule has 0 saturated carbocycles. The highest BCUT2D eigenvalue weighted by molar-refractivity contribution is 5.92. The lowest BCUT2D eigenvalue weighted by Crippen LogP contribution is -2.35. The summed E-state index contributed by atoms with van der Waals surface area (Å²) in [5, 5.41) is 2.84. The van der Waals surface area contributed by atoms with Gasteiger partial charge < -0.3 is 10.2 Å². The van der Waals surface area contributed by atoms with Crippen molar-refractivity contribution in [2.45, 2.75) is 33.1 Å². The van der Waals surface area contributed by atoms with Gasteiger partial charge in [0.15, 0.2) is 0 Å². The van der Waals surface area contributed by atoms with Crippen LogP contribution in [0.2, 0.25) is 0 Å². The number of carbonyl (C=O) groups is 1. The highest BCUT2D eigenvalue weighted by Crippen LogP contribution is 2.21. The molecule has 104 valence electrons. The Morgan fingerprint density at radius 1 is 1.53 bits per heavy atom. The number of anilines is 1. The van der Waals surface area contributed by atoms with Gasteiger partial charge in [-0.3, -0.25) is 4.79 Å². The van der Waals surface area contributed by atoms with Gasteiger partial charge in [-0.15, -0.1) is 0 Å². The van der Waals surface area contributed by atoms with Crippen molar-refractivity contribution in [3.8, 4) is 0 Å². The number of carbonyl (C=O) groups excluding carboxylic acids is 1. The lowest BCUT2D eigenvalue weighted by Gasteiger charge is -2.31. The molecule has 2 rings (SSSR count). The Morgan fingerprint density at radius 3 is 3.11 bits per heavy atom. The fourth-order valence-corrected chi connectivity index (χ4v) is 2.37. The zero-order valence-corrected chi connectivity index (χ0v) is 11.7. The molecule has 2 heterocycles. The summed E-state index contributed by atoms with van der Waals surface area (Å²) in [6, 6.07) is 1.79. The van der Waals surface area contributed by atoms with E-state index in [1.165, 1.54) is 19.2 Å². The normalized spacial score (nSPS) is 19.3. The van der Waals surface area contributed by atoms with Crippen molar-refractivity contribution in [2.24, 2.45) is 5.92 Å². The van der Waals surface area contributed by atoms with Gasteiger partial charge in [-0.05, 0) is 25.2 Å². The van der Waals surface area contributed by atoms with E-state index in [0.717, 1.165) is 25.3 Å². The number of hydrogen-bond acceptors (Lipinski definition) is 4. The molecule has 0 bridgehead atoms. The maximum atomic E-state index is 11.9. The molecule has 5 heteroatoms. The van der Waals surface area contributed by atoms with E-state index in [4.69, 9.17) is 0 Å². The van der Waals surface area contributed by atoms with Gasteiger partial charge in [-0.1, -0.05) is 13.8 Å². The first-order valence-corrected chi connectivity index (χ1v) is 7.06. The number of hydrogen-bond donors (Lipinski definition) is 1. The SMILES string of the molecule is CCCNC(=O)c1cc(N2CCCC(C)C2)ncn1. The highest BCUT2D eigenvalue weighted by atomic mass is 16.1. The summed E-state index contributed by atoms with van der Waals surface area (Å²) >= 11 is 0. The lowest BCUT2D eigenvalue weighted by atomic mass is 10.0. The van der Waals surface area contributed by atoms with Crippen LogP contribution in [0.3, 0.4) is 0 Å². The minimum Gasteiger partial charge on any atom is -0.356 e. The fraction of sp³-hybridized carbons (Fsp3) is 0.643. The Labute approximate surface area is 114 Å². The second-order valence-corrected chi connectivity index (χ2v) is 5.21. The molecule has 0 radical (unpaired) electrons. The van der Waals surface area contributed by atoms with Crippen LogP contribution in [0, 0.1) is 5.92 Å². The van der Waals surface area contributed by atoms with Crippen LogP contribution in [-0.2, 0) is 0 Å². The molecule has 0 aromatic carbocycles. The third-order valence-corrected chi connectivity index (χ3v) is 3.40. The van der Waals surface area contributed by atoms with Crippen LogP contribution >= 0.6 is 0 Å².